The Labute approximate surface area is 181 Å². The summed E-state index contributed by atoms with van der Waals surface area (Å²) < 4.78 is 27.3. The second kappa shape index (κ2) is 9.41. The van der Waals surface area contributed by atoms with Crippen molar-refractivity contribution in [1.29, 1.82) is 0 Å². The predicted octanol–water partition coefficient (Wildman–Crippen LogP) is 4.06. The molecule has 6 heteroatoms. The lowest BCUT2D eigenvalue weighted by atomic mass is 9.83. The number of fused-ring (bicyclic) bond motifs is 1. The van der Waals surface area contributed by atoms with E-state index < -0.39 is 0 Å². The molecule has 2 aliphatic rings. The van der Waals surface area contributed by atoms with Gasteiger partial charge in [0.2, 0.25) is 11.8 Å². The van der Waals surface area contributed by atoms with Crippen molar-refractivity contribution in [2.75, 3.05) is 19.6 Å². The number of piperidine rings is 2. The monoisotopic (exact) mass is 424 g/mol. The zero-order valence-electron chi connectivity index (χ0n) is 17.3. The fraction of sp³-hybridized carbons (Fsp3) is 0.360. The van der Waals surface area contributed by atoms with Crippen molar-refractivity contribution in [3.05, 3.63) is 77.4 Å². The van der Waals surface area contributed by atoms with E-state index in [-0.39, 0.29) is 35.4 Å². The average Bonchev–Trinajstić information content (AvgIpc) is 2.77. The summed E-state index contributed by atoms with van der Waals surface area (Å²) in [5.41, 5.74) is 1.26. The van der Waals surface area contributed by atoms with E-state index in [1.165, 1.54) is 24.3 Å². The lowest BCUT2D eigenvalue weighted by Gasteiger charge is -2.47. The Hall–Kier alpha value is -3.02. The first-order chi connectivity index (χ1) is 15.0. The number of benzene rings is 2. The van der Waals surface area contributed by atoms with Crippen molar-refractivity contribution >= 4 is 17.9 Å². The minimum atomic E-state index is -0.335. The van der Waals surface area contributed by atoms with E-state index in [2.05, 4.69) is 0 Å². The number of hydrogen-bond acceptors (Lipinski definition) is 2. The third-order valence-electron chi connectivity index (χ3n) is 6.30. The van der Waals surface area contributed by atoms with E-state index in [1.807, 2.05) is 9.80 Å². The van der Waals surface area contributed by atoms with Gasteiger partial charge in [-0.15, -0.1) is 0 Å². The quantitative estimate of drug-likeness (QED) is 0.680. The van der Waals surface area contributed by atoms with Gasteiger partial charge in [-0.05, 0) is 60.6 Å². The summed E-state index contributed by atoms with van der Waals surface area (Å²) in [6, 6.07) is 12.9. The Balaban J connectivity index is 1.37. The number of nitrogens with zero attached hydrogens (tertiary/aromatic N) is 2. The number of hydrogen-bond donors (Lipinski definition) is 0. The fourth-order valence-corrected chi connectivity index (χ4v) is 4.67. The zero-order valence-corrected chi connectivity index (χ0v) is 17.3. The minimum absolute atomic E-state index is 0.0873. The summed E-state index contributed by atoms with van der Waals surface area (Å²) in [5, 5.41) is 0. The molecule has 0 aromatic heterocycles. The Morgan fingerprint density at radius 1 is 1.10 bits per heavy atom. The number of likely N-dealkylation sites (tertiary alicyclic amines) is 2. The van der Waals surface area contributed by atoms with Crippen molar-refractivity contribution in [2.24, 2.45) is 5.92 Å². The summed E-state index contributed by atoms with van der Waals surface area (Å²) in [6.45, 7) is 1.66. The van der Waals surface area contributed by atoms with E-state index in [4.69, 9.17) is 0 Å². The minimum Gasteiger partial charge on any atom is -0.339 e. The number of halogens is 2. The lowest BCUT2D eigenvalue weighted by Crippen LogP contribution is -2.57. The average molecular weight is 424 g/mol. The maximum Gasteiger partial charge on any atom is 0.246 e. The smallest absolute Gasteiger partial charge is 0.246 e. The highest BCUT2D eigenvalue weighted by Crippen LogP contribution is 2.31. The molecule has 2 heterocycles. The van der Waals surface area contributed by atoms with E-state index in [0.29, 0.717) is 50.0 Å². The van der Waals surface area contributed by atoms with Crippen LogP contribution in [0, 0.1) is 17.6 Å². The Morgan fingerprint density at radius 3 is 2.74 bits per heavy atom. The second-order valence-electron chi connectivity index (χ2n) is 8.26. The van der Waals surface area contributed by atoms with Gasteiger partial charge in [-0.3, -0.25) is 9.59 Å². The Kier molecular flexibility index (Phi) is 6.44. The normalized spacial score (nSPS) is 21.4. The van der Waals surface area contributed by atoms with E-state index >= 15 is 0 Å². The van der Waals surface area contributed by atoms with Gasteiger partial charge in [0.15, 0.2) is 0 Å². The van der Waals surface area contributed by atoms with Crippen LogP contribution in [0.25, 0.3) is 6.08 Å². The molecule has 0 bridgehead atoms. The molecule has 0 aliphatic carbocycles. The standard InChI is InChI=1S/C25H26F2N2O2/c26-21-6-3-4-18(16-21)8-10-24(30)28-14-13-23-20(17-28)9-11-25(31)29(23)15-12-19-5-1-2-7-22(19)27/h1-8,10,16,20,23H,9,11-15,17H2/t20-,23+/m1/s1. The molecule has 2 aliphatic heterocycles. The second-order valence-corrected chi connectivity index (χ2v) is 8.26. The molecule has 0 spiro atoms. The van der Waals surface area contributed by atoms with Crippen LogP contribution >= 0.6 is 0 Å². The van der Waals surface area contributed by atoms with Crippen molar-refractivity contribution in [2.45, 2.75) is 31.7 Å². The lowest BCUT2D eigenvalue weighted by molar-refractivity contribution is -0.142. The molecular weight excluding hydrogens is 398 g/mol. The molecule has 4 rings (SSSR count). The molecule has 0 unspecified atom stereocenters. The molecule has 31 heavy (non-hydrogen) atoms. The Bertz CT molecular complexity index is 991. The third kappa shape index (κ3) is 5.01. The first kappa shape index (κ1) is 21.2. The summed E-state index contributed by atoms with van der Waals surface area (Å²) in [5.74, 6) is -0.341. The molecule has 0 saturated carbocycles. The van der Waals surface area contributed by atoms with Crippen LogP contribution in [0.4, 0.5) is 8.78 Å². The van der Waals surface area contributed by atoms with E-state index in [0.717, 1.165) is 6.42 Å². The van der Waals surface area contributed by atoms with Crippen LogP contribution in [0.3, 0.4) is 0 Å². The van der Waals surface area contributed by atoms with Crippen LogP contribution in [-0.4, -0.2) is 47.3 Å². The highest BCUT2D eigenvalue weighted by Gasteiger charge is 2.39. The van der Waals surface area contributed by atoms with Crippen LogP contribution in [-0.2, 0) is 16.0 Å². The van der Waals surface area contributed by atoms with Gasteiger partial charge in [0, 0.05) is 38.2 Å². The number of carbonyl (C=O) groups is 2. The summed E-state index contributed by atoms with van der Waals surface area (Å²) >= 11 is 0. The molecule has 4 nitrogen and oxygen atoms in total. The number of rotatable bonds is 5. The summed E-state index contributed by atoms with van der Waals surface area (Å²) in [4.78, 5) is 28.9. The van der Waals surface area contributed by atoms with Gasteiger partial charge in [0.05, 0.1) is 0 Å². The molecule has 162 valence electrons. The van der Waals surface area contributed by atoms with Crippen molar-refractivity contribution in [3.63, 3.8) is 0 Å². The van der Waals surface area contributed by atoms with Gasteiger partial charge in [-0.2, -0.15) is 0 Å². The molecule has 2 fully saturated rings. The van der Waals surface area contributed by atoms with Gasteiger partial charge in [-0.25, -0.2) is 8.78 Å². The SMILES string of the molecule is O=C(C=Cc1cccc(F)c1)N1CC[C@H]2[C@H](CCC(=O)N2CCc2ccccc2F)C1. The largest absolute Gasteiger partial charge is 0.339 e. The fourth-order valence-electron chi connectivity index (χ4n) is 4.67. The molecule has 2 aromatic rings. The molecule has 2 aromatic carbocycles. The number of carbonyl (C=O) groups excluding carboxylic acids is 2. The van der Waals surface area contributed by atoms with Crippen LogP contribution in [0.2, 0.25) is 0 Å². The molecule has 2 saturated heterocycles. The van der Waals surface area contributed by atoms with Gasteiger partial charge in [0.1, 0.15) is 11.6 Å². The van der Waals surface area contributed by atoms with Crippen LogP contribution in [0.1, 0.15) is 30.4 Å². The van der Waals surface area contributed by atoms with E-state index in [9.17, 15) is 18.4 Å². The summed E-state index contributed by atoms with van der Waals surface area (Å²) in [7, 11) is 0. The molecular formula is C25H26F2N2O2. The first-order valence-corrected chi connectivity index (χ1v) is 10.8. The number of amides is 2. The first-order valence-electron chi connectivity index (χ1n) is 10.8. The molecule has 2 amide bonds. The zero-order chi connectivity index (χ0) is 21.8. The van der Waals surface area contributed by atoms with E-state index in [1.54, 1.807) is 36.4 Å². The van der Waals surface area contributed by atoms with Crippen molar-refractivity contribution < 1.29 is 18.4 Å². The molecule has 0 N–H and O–H groups in total. The van der Waals surface area contributed by atoms with Crippen LogP contribution < -0.4 is 0 Å². The van der Waals surface area contributed by atoms with Gasteiger partial charge < -0.3 is 9.80 Å². The topological polar surface area (TPSA) is 40.6 Å². The Morgan fingerprint density at radius 2 is 1.94 bits per heavy atom. The third-order valence-corrected chi connectivity index (χ3v) is 6.30. The van der Waals surface area contributed by atoms with Crippen molar-refractivity contribution in [1.82, 2.24) is 9.80 Å². The molecule has 2 atom stereocenters. The predicted molar refractivity (Wildman–Crippen MR) is 115 cm³/mol. The van der Waals surface area contributed by atoms with Gasteiger partial charge in [0.25, 0.3) is 0 Å². The summed E-state index contributed by atoms with van der Waals surface area (Å²) in [6.07, 6.45) is 5.53. The maximum absolute atomic E-state index is 14.0. The van der Waals surface area contributed by atoms with Gasteiger partial charge in [-0.1, -0.05) is 30.3 Å². The van der Waals surface area contributed by atoms with Crippen LogP contribution in [0.15, 0.2) is 54.6 Å². The molecule has 0 radical (unpaired) electrons. The highest BCUT2D eigenvalue weighted by atomic mass is 19.1. The van der Waals surface area contributed by atoms with Crippen molar-refractivity contribution in [3.8, 4) is 0 Å². The highest BCUT2D eigenvalue weighted by molar-refractivity contribution is 5.92. The van der Waals surface area contributed by atoms with Crippen LogP contribution in [0.5, 0.6) is 0 Å². The van der Waals surface area contributed by atoms with Gasteiger partial charge >= 0.3 is 0 Å². The maximum atomic E-state index is 14.0.